The molecule has 3 nitrogen and oxygen atoms in total. The van der Waals surface area contributed by atoms with Crippen LogP contribution in [0.2, 0.25) is 0 Å². The summed E-state index contributed by atoms with van der Waals surface area (Å²) in [7, 11) is 1.28. The van der Waals surface area contributed by atoms with Gasteiger partial charge in [-0.15, -0.1) is 11.6 Å². The van der Waals surface area contributed by atoms with Crippen molar-refractivity contribution in [1.29, 1.82) is 0 Å². The maximum atomic E-state index is 12.4. The van der Waals surface area contributed by atoms with Crippen molar-refractivity contribution in [1.82, 2.24) is 4.98 Å². The lowest BCUT2D eigenvalue weighted by Gasteiger charge is -2.07. The Balaban J connectivity index is 3.36. The number of pyridine rings is 1. The second-order valence-corrected chi connectivity index (χ2v) is 2.80. The van der Waals surface area contributed by atoms with Crippen molar-refractivity contribution in [2.45, 2.75) is 12.3 Å². The van der Waals surface area contributed by atoms with Gasteiger partial charge in [-0.25, -0.2) is 8.78 Å². The van der Waals surface area contributed by atoms with Crippen molar-refractivity contribution >= 4 is 11.6 Å². The molecule has 1 aromatic heterocycles. The minimum atomic E-state index is -2.77. The summed E-state index contributed by atoms with van der Waals surface area (Å²) < 4.78 is 29.5. The molecule has 1 heterocycles. The zero-order chi connectivity index (χ0) is 10.7. The molecule has 0 fully saturated rings. The van der Waals surface area contributed by atoms with Gasteiger partial charge in [-0.3, -0.25) is 4.79 Å². The van der Waals surface area contributed by atoms with Gasteiger partial charge in [0.05, 0.1) is 18.7 Å². The number of aromatic nitrogens is 1. The van der Waals surface area contributed by atoms with E-state index >= 15 is 0 Å². The van der Waals surface area contributed by atoms with Crippen LogP contribution in [0.5, 0.6) is 5.88 Å². The number of hydrogen-bond donors (Lipinski definition) is 1. The molecule has 1 aromatic rings. The zero-order valence-corrected chi connectivity index (χ0v) is 8.07. The first-order chi connectivity index (χ1) is 6.60. The van der Waals surface area contributed by atoms with E-state index in [0.717, 1.165) is 6.07 Å². The van der Waals surface area contributed by atoms with Crippen LogP contribution in [0.15, 0.2) is 10.9 Å². The highest BCUT2D eigenvalue weighted by Gasteiger charge is 2.17. The molecule has 0 spiro atoms. The molecule has 0 aliphatic rings. The molecule has 0 saturated carbocycles. The standard InChI is InChI=1S/C8H8ClF2NO2/c1-14-6-2-5(13)4(3-9)7(12-6)8(10)11/h2,8H,3H2,1H3,(H,12,13). The lowest BCUT2D eigenvalue weighted by Crippen LogP contribution is -2.13. The maximum Gasteiger partial charge on any atom is 0.278 e. The monoisotopic (exact) mass is 223 g/mol. The fourth-order valence-corrected chi connectivity index (χ4v) is 1.29. The van der Waals surface area contributed by atoms with E-state index in [4.69, 9.17) is 11.6 Å². The Labute approximate surface area is 83.7 Å². The number of halogens is 3. The fraction of sp³-hybridized carbons (Fsp3) is 0.375. The van der Waals surface area contributed by atoms with Gasteiger partial charge in [0.15, 0.2) is 11.3 Å². The van der Waals surface area contributed by atoms with E-state index in [-0.39, 0.29) is 17.3 Å². The predicted molar refractivity (Wildman–Crippen MR) is 48.1 cm³/mol. The van der Waals surface area contributed by atoms with Crippen molar-refractivity contribution in [3.63, 3.8) is 0 Å². The minimum Gasteiger partial charge on any atom is -0.482 e. The maximum absolute atomic E-state index is 12.4. The van der Waals surface area contributed by atoms with Gasteiger partial charge < -0.3 is 9.72 Å². The van der Waals surface area contributed by atoms with Crippen molar-refractivity contribution in [3.05, 3.63) is 27.5 Å². The smallest absolute Gasteiger partial charge is 0.278 e. The van der Waals surface area contributed by atoms with Crippen molar-refractivity contribution in [2.75, 3.05) is 7.11 Å². The number of ether oxygens (including phenoxy) is 1. The summed E-state index contributed by atoms with van der Waals surface area (Å²) in [5, 5.41) is 0. The first-order valence-electron chi connectivity index (χ1n) is 3.74. The molecule has 0 saturated heterocycles. The molecule has 78 valence electrons. The fourth-order valence-electron chi connectivity index (χ4n) is 1.02. The predicted octanol–water partition coefficient (Wildman–Crippen LogP) is 2.06. The van der Waals surface area contributed by atoms with E-state index in [0.29, 0.717) is 0 Å². The van der Waals surface area contributed by atoms with Gasteiger partial charge in [-0.2, -0.15) is 0 Å². The van der Waals surface area contributed by atoms with Crippen LogP contribution >= 0.6 is 11.6 Å². The summed E-state index contributed by atoms with van der Waals surface area (Å²) in [6.07, 6.45) is -2.77. The molecule has 6 heteroatoms. The molecule has 0 atom stereocenters. The second kappa shape index (κ2) is 4.41. The van der Waals surface area contributed by atoms with Gasteiger partial charge in [0.2, 0.25) is 0 Å². The number of aromatic amines is 1. The van der Waals surface area contributed by atoms with E-state index in [1.165, 1.54) is 7.11 Å². The molecule has 0 aromatic carbocycles. The molecular formula is C8H8ClF2NO2. The molecule has 0 radical (unpaired) electrons. The van der Waals surface area contributed by atoms with E-state index in [1.54, 1.807) is 0 Å². The highest BCUT2D eigenvalue weighted by molar-refractivity contribution is 6.17. The molecule has 14 heavy (non-hydrogen) atoms. The van der Waals surface area contributed by atoms with E-state index in [2.05, 4.69) is 9.72 Å². The Kier molecular flexibility index (Phi) is 3.46. The summed E-state index contributed by atoms with van der Waals surface area (Å²) in [4.78, 5) is 13.5. The molecule has 0 aliphatic heterocycles. The Hall–Kier alpha value is -1.10. The van der Waals surface area contributed by atoms with Crippen molar-refractivity contribution in [2.24, 2.45) is 0 Å². The Bertz CT molecular complexity index is 378. The lowest BCUT2D eigenvalue weighted by molar-refractivity contribution is 0.144. The first kappa shape index (κ1) is 11.0. The Morgan fingerprint density at radius 1 is 1.64 bits per heavy atom. The molecule has 1 N–H and O–H groups in total. The molecular weight excluding hydrogens is 216 g/mol. The van der Waals surface area contributed by atoms with Crippen LogP contribution < -0.4 is 10.2 Å². The van der Waals surface area contributed by atoms with Crippen LogP contribution in [0.4, 0.5) is 8.78 Å². The summed E-state index contributed by atoms with van der Waals surface area (Å²) in [6, 6.07) is 1.09. The third-order valence-electron chi connectivity index (χ3n) is 1.71. The third kappa shape index (κ3) is 2.04. The minimum absolute atomic E-state index is 0.000772. The first-order valence-corrected chi connectivity index (χ1v) is 4.27. The Morgan fingerprint density at radius 2 is 2.29 bits per heavy atom. The average molecular weight is 224 g/mol. The SMILES string of the molecule is COc1cc(=O)c(CCl)c(C(F)F)[nH]1. The normalized spacial score (nSPS) is 10.6. The van der Waals surface area contributed by atoms with Gasteiger partial charge in [0, 0.05) is 11.6 Å². The molecule has 0 bridgehead atoms. The largest absolute Gasteiger partial charge is 0.482 e. The van der Waals surface area contributed by atoms with Crippen LogP contribution in [0.1, 0.15) is 17.7 Å². The van der Waals surface area contributed by atoms with E-state index < -0.39 is 17.5 Å². The summed E-state index contributed by atoms with van der Waals surface area (Å²) in [5.74, 6) is -0.252. The van der Waals surface area contributed by atoms with Crippen LogP contribution in [-0.4, -0.2) is 12.1 Å². The number of H-pyrrole nitrogens is 1. The lowest BCUT2D eigenvalue weighted by atomic mass is 10.2. The zero-order valence-electron chi connectivity index (χ0n) is 7.31. The number of alkyl halides is 3. The number of hydrogen-bond acceptors (Lipinski definition) is 2. The topological polar surface area (TPSA) is 42.1 Å². The van der Waals surface area contributed by atoms with Gasteiger partial charge >= 0.3 is 0 Å². The number of nitrogens with one attached hydrogen (secondary N) is 1. The van der Waals surface area contributed by atoms with Gasteiger partial charge in [-0.05, 0) is 0 Å². The quantitative estimate of drug-likeness (QED) is 0.797. The van der Waals surface area contributed by atoms with Crippen molar-refractivity contribution < 1.29 is 13.5 Å². The Morgan fingerprint density at radius 3 is 2.71 bits per heavy atom. The number of rotatable bonds is 3. The third-order valence-corrected chi connectivity index (χ3v) is 1.98. The summed E-state index contributed by atoms with van der Waals surface area (Å²) in [5.41, 5.74) is -1.15. The highest BCUT2D eigenvalue weighted by Crippen LogP contribution is 2.21. The van der Waals surface area contributed by atoms with Crippen LogP contribution in [0.3, 0.4) is 0 Å². The number of methoxy groups -OCH3 is 1. The van der Waals surface area contributed by atoms with E-state index in [9.17, 15) is 13.6 Å². The van der Waals surface area contributed by atoms with Gasteiger partial charge in [0.1, 0.15) is 0 Å². The van der Waals surface area contributed by atoms with Crippen molar-refractivity contribution in [3.8, 4) is 5.88 Å². The van der Waals surface area contributed by atoms with Gasteiger partial charge in [-0.1, -0.05) is 0 Å². The molecule has 1 rings (SSSR count). The van der Waals surface area contributed by atoms with Crippen LogP contribution in [-0.2, 0) is 5.88 Å². The molecule has 0 amide bonds. The van der Waals surface area contributed by atoms with Crippen LogP contribution in [0, 0.1) is 0 Å². The molecule has 0 unspecified atom stereocenters. The summed E-state index contributed by atoms with van der Waals surface area (Å²) in [6.45, 7) is 0. The van der Waals surface area contributed by atoms with Crippen LogP contribution in [0.25, 0.3) is 0 Å². The molecule has 0 aliphatic carbocycles. The summed E-state index contributed by atoms with van der Waals surface area (Å²) >= 11 is 5.38. The highest BCUT2D eigenvalue weighted by atomic mass is 35.5. The van der Waals surface area contributed by atoms with Gasteiger partial charge in [0.25, 0.3) is 6.43 Å². The second-order valence-electron chi connectivity index (χ2n) is 2.53. The van der Waals surface area contributed by atoms with E-state index in [1.807, 2.05) is 0 Å². The average Bonchev–Trinajstić information content (AvgIpc) is 2.16.